The van der Waals surface area contributed by atoms with Crippen LogP contribution in [0.3, 0.4) is 0 Å². The zero-order chi connectivity index (χ0) is 20.1. The molecule has 0 aromatic heterocycles. The smallest absolute Gasteiger partial charge is 0.255 e. The minimum Gasteiger partial charge on any atom is -0.493 e. The van der Waals surface area contributed by atoms with E-state index in [0.29, 0.717) is 28.5 Å². The molecule has 0 bridgehead atoms. The van der Waals surface area contributed by atoms with Crippen molar-refractivity contribution in [1.29, 1.82) is 0 Å². The first kappa shape index (κ1) is 19.3. The Morgan fingerprint density at radius 1 is 0.750 bits per heavy atom. The molecule has 0 saturated carbocycles. The third-order valence-corrected chi connectivity index (χ3v) is 4.47. The summed E-state index contributed by atoms with van der Waals surface area (Å²) in [4.78, 5) is 12.5. The summed E-state index contributed by atoms with van der Waals surface area (Å²) in [6.45, 7) is 4.12. The molecule has 0 radical (unpaired) electrons. The molecule has 5 nitrogen and oxygen atoms in total. The molecule has 0 atom stereocenters. The molecule has 0 heterocycles. The topological polar surface area (TPSA) is 56.8 Å². The first-order valence-electron chi connectivity index (χ1n) is 8.88. The number of amides is 1. The fourth-order valence-electron chi connectivity index (χ4n) is 2.70. The molecule has 0 unspecified atom stereocenters. The fraction of sp³-hybridized carbons (Fsp3) is 0.174. The molecule has 0 aliphatic carbocycles. The number of nitrogens with one attached hydrogen (secondary N) is 1. The lowest BCUT2D eigenvalue weighted by Gasteiger charge is -2.11. The normalized spacial score (nSPS) is 10.3. The number of rotatable bonds is 6. The summed E-state index contributed by atoms with van der Waals surface area (Å²) in [5.74, 6) is 2.33. The summed E-state index contributed by atoms with van der Waals surface area (Å²) in [7, 11) is 3.09. The average molecular weight is 377 g/mol. The molecule has 28 heavy (non-hydrogen) atoms. The zero-order valence-corrected chi connectivity index (χ0v) is 16.4. The van der Waals surface area contributed by atoms with Gasteiger partial charge in [-0.15, -0.1) is 0 Å². The maximum Gasteiger partial charge on any atom is 0.255 e. The largest absolute Gasteiger partial charge is 0.493 e. The Kier molecular flexibility index (Phi) is 5.84. The summed E-state index contributed by atoms with van der Waals surface area (Å²) < 4.78 is 16.3. The Morgan fingerprint density at radius 3 is 2.07 bits per heavy atom. The molecular formula is C23H23NO4. The van der Waals surface area contributed by atoms with E-state index in [-0.39, 0.29) is 5.91 Å². The molecule has 1 N–H and O–H groups in total. The summed E-state index contributed by atoms with van der Waals surface area (Å²) in [6, 6.07) is 18.2. The van der Waals surface area contributed by atoms with Gasteiger partial charge in [-0.3, -0.25) is 4.79 Å². The van der Waals surface area contributed by atoms with Gasteiger partial charge in [-0.05, 0) is 79.6 Å². The second-order valence-electron chi connectivity index (χ2n) is 6.40. The van der Waals surface area contributed by atoms with Crippen LogP contribution in [0.2, 0.25) is 0 Å². The molecule has 0 aliphatic heterocycles. The van der Waals surface area contributed by atoms with E-state index < -0.39 is 0 Å². The Morgan fingerprint density at radius 2 is 1.43 bits per heavy atom. The van der Waals surface area contributed by atoms with Gasteiger partial charge in [0, 0.05) is 11.3 Å². The number of hydrogen-bond donors (Lipinski definition) is 1. The van der Waals surface area contributed by atoms with Crippen molar-refractivity contribution in [1.82, 2.24) is 0 Å². The molecule has 0 aliphatic rings. The number of anilines is 1. The zero-order valence-electron chi connectivity index (χ0n) is 16.4. The number of aryl methyl sites for hydroxylation is 2. The van der Waals surface area contributed by atoms with Gasteiger partial charge in [0.1, 0.15) is 11.5 Å². The summed E-state index contributed by atoms with van der Waals surface area (Å²) in [6.07, 6.45) is 0. The standard InChI is InChI=1S/C23H23NO4/c1-15-5-9-20(13-16(15)2)28-19-10-7-18(8-11-19)24-23(25)17-6-12-21(26-3)22(14-17)27-4/h5-14H,1-4H3,(H,24,25). The molecule has 0 spiro atoms. The van der Waals surface area contributed by atoms with E-state index in [0.717, 1.165) is 5.75 Å². The van der Waals surface area contributed by atoms with Crippen molar-refractivity contribution in [3.05, 3.63) is 77.4 Å². The SMILES string of the molecule is COc1ccc(C(=O)Nc2ccc(Oc3ccc(C)c(C)c3)cc2)cc1OC. The molecule has 0 saturated heterocycles. The lowest BCUT2D eigenvalue weighted by atomic mass is 10.1. The Bertz CT molecular complexity index is 980. The molecule has 3 rings (SSSR count). The highest BCUT2D eigenvalue weighted by atomic mass is 16.5. The van der Waals surface area contributed by atoms with Crippen LogP contribution in [0.4, 0.5) is 5.69 Å². The molecule has 5 heteroatoms. The van der Waals surface area contributed by atoms with Crippen LogP contribution in [0.15, 0.2) is 60.7 Å². The average Bonchev–Trinajstić information content (AvgIpc) is 2.71. The van der Waals surface area contributed by atoms with Crippen molar-refractivity contribution in [3.8, 4) is 23.0 Å². The van der Waals surface area contributed by atoms with Crippen molar-refractivity contribution < 1.29 is 19.0 Å². The van der Waals surface area contributed by atoms with Gasteiger partial charge in [0.05, 0.1) is 14.2 Å². The highest BCUT2D eigenvalue weighted by molar-refractivity contribution is 6.04. The van der Waals surface area contributed by atoms with E-state index in [1.165, 1.54) is 18.2 Å². The lowest BCUT2D eigenvalue weighted by molar-refractivity contribution is 0.102. The monoisotopic (exact) mass is 377 g/mol. The van der Waals surface area contributed by atoms with E-state index in [4.69, 9.17) is 14.2 Å². The predicted molar refractivity (Wildman–Crippen MR) is 110 cm³/mol. The molecular weight excluding hydrogens is 354 g/mol. The maximum atomic E-state index is 12.5. The Balaban J connectivity index is 1.68. The molecule has 0 fully saturated rings. The third kappa shape index (κ3) is 4.43. The number of carbonyl (C=O) groups is 1. The first-order chi connectivity index (χ1) is 13.5. The number of benzene rings is 3. The number of carbonyl (C=O) groups excluding carboxylic acids is 1. The molecule has 1 amide bonds. The second-order valence-corrected chi connectivity index (χ2v) is 6.40. The van der Waals surface area contributed by atoms with E-state index in [1.807, 2.05) is 30.3 Å². The van der Waals surface area contributed by atoms with Crippen molar-refractivity contribution in [2.45, 2.75) is 13.8 Å². The van der Waals surface area contributed by atoms with Crippen LogP contribution in [0.1, 0.15) is 21.5 Å². The van der Waals surface area contributed by atoms with Crippen LogP contribution < -0.4 is 19.5 Å². The van der Waals surface area contributed by atoms with Gasteiger partial charge in [-0.2, -0.15) is 0 Å². The second kappa shape index (κ2) is 8.48. The van der Waals surface area contributed by atoms with Crippen molar-refractivity contribution in [3.63, 3.8) is 0 Å². The van der Waals surface area contributed by atoms with E-state index in [2.05, 4.69) is 19.2 Å². The van der Waals surface area contributed by atoms with E-state index in [1.54, 1.807) is 37.4 Å². The Hall–Kier alpha value is -3.47. The van der Waals surface area contributed by atoms with Crippen LogP contribution in [0.25, 0.3) is 0 Å². The highest BCUT2D eigenvalue weighted by Gasteiger charge is 2.11. The summed E-state index contributed by atoms with van der Waals surface area (Å²) >= 11 is 0. The van der Waals surface area contributed by atoms with Gasteiger partial charge in [-0.1, -0.05) is 6.07 Å². The van der Waals surface area contributed by atoms with Crippen LogP contribution in [-0.2, 0) is 0 Å². The van der Waals surface area contributed by atoms with Gasteiger partial charge in [0.2, 0.25) is 0 Å². The summed E-state index contributed by atoms with van der Waals surface area (Å²) in [5.41, 5.74) is 3.55. The highest BCUT2D eigenvalue weighted by Crippen LogP contribution is 2.28. The van der Waals surface area contributed by atoms with Crippen LogP contribution in [0, 0.1) is 13.8 Å². The minimum atomic E-state index is -0.233. The summed E-state index contributed by atoms with van der Waals surface area (Å²) in [5, 5.41) is 2.86. The maximum absolute atomic E-state index is 12.5. The Labute approximate surface area is 164 Å². The molecule has 3 aromatic carbocycles. The number of hydrogen-bond acceptors (Lipinski definition) is 4. The molecule has 144 valence electrons. The third-order valence-electron chi connectivity index (χ3n) is 4.47. The van der Waals surface area contributed by atoms with Crippen molar-refractivity contribution >= 4 is 11.6 Å². The van der Waals surface area contributed by atoms with Gasteiger partial charge in [0.25, 0.3) is 5.91 Å². The number of ether oxygens (including phenoxy) is 3. The van der Waals surface area contributed by atoms with Gasteiger partial charge in [-0.25, -0.2) is 0 Å². The van der Waals surface area contributed by atoms with Gasteiger partial charge in [0.15, 0.2) is 11.5 Å². The van der Waals surface area contributed by atoms with E-state index >= 15 is 0 Å². The number of methoxy groups -OCH3 is 2. The van der Waals surface area contributed by atoms with Gasteiger partial charge >= 0.3 is 0 Å². The van der Waals surface area contributed by atoms with Gasteiger partial charge < -0.3 is 19.5 Å². The quantitative estimate of drug-likeness (QED) is 0.628. The predicted octanol–water partition coefficient (Wildman–Crippen LogP) is 5.37. The van der Waals surface area contributed by atoms with Crippen molar-refractivity contribution in [2.75, 3.05) is 19.5 Å². The minimum absolute atomic E-state index is 0.233. The van der Waals surface area contributed by atoms with Crippen LogP contribution in [-0.4, -0.2) is 20.1 Å². The first-order valence-corrected chi connectivity index (χ1v) is 8.88. The molecule has 3 aromatic rings. The van der Waals surface area contributed by atoms with Crippen LogP contribution >= 0.6 is 0 Å². The van der Waals surface area contributed by atoms with Crippen LogP contribution in [0.5, 0.6) is 23.0 Å². The fourth-order valence-corrected chi connectivity index (χ4v) is 2.70. The van der Waals surface area contributed by atoms with E-state index in [9.17, 15) is 4.79 Å². The van der Waals surface area contributed by atoms with Crippen molar-refractivity contribution in [2.24, 2.45) is 0 Å². The lowest BCUT2D eigenvalue weighted by Crippen LogP contribution is -2.12.